The second kappa shape index (κ2) is 13.3. The van der Waals surface area contributed by atoms with Crippen LogP contribution in [0, 0.1) is 12.8 Å². The van der Waals surface area contributed by atoms with Crippen LogP contribution in [0.1, 0.15) is 79.9 Å². The Hall–Kier alpha value is -1.87. The van der Waals surface area contributed by atoms with Crippen LogP contribution in [-0.4, -0.2) is 12.1 Å². The molecule has 0 nitrogen and oxygen atoms in total. The molecule has 0 aromatic heterocycles. The second-order valence-corrected chi connectivity index (χ2v) is 47.5. The summed E-state index contributed by atoms with van der Waals surface area (Å²) in [5.74, 6) is 0.488. The van der Waals surface area contributed by atoms with Gasteiger partial charge in [0, 0.05) is 0 Å². The molecule has 1 aliphatic heterocycles. The summed E-state index contributed by atoms with van der Waals surface area (Å²) in [6.45, 7) is 21.4. The number of fused-ring (bicyclic) bond motifs is 3. The maximum Gasteiger partial charge on any atom is -0.147 e. The quantitative estimate of drug-likeness (QED) is 0.181. The molecule has 0 bridgehead atoms. The first-order valence-corrected chi connectivity index (χ1v) is 31.8. The molecular formula is C44H52Cl2SSiZr. The van der Waals surface area contributed by atoms with Gasteiger partial charge in [0.05, 0.1) is 0 Å². The fourth-order valence-electron chi connectivity index (χ4n) is 9.03. The Labute approximate surface area is 314 Å². The summed E-state index contributed by atoms with van der Waals surface area (Å²) in [6.07, 6.45) is 5.20. The minimum atomic E-state index is -3.78. The number of halogens is 2. The van der Waals surface area contributed by atoms with Gasteiger partial charge in [0.1, 0.15) is 0 Å². The van der Waals surface area contributed by atoms with Crippen LogP contribution >= 0.6 is 36.6 Å². The summed E-state index contributed by atoms with van der Waals surface area (Å²) in [7, 11) is 0. The normalized spacial score (nSPS) is 19.1. The summed E-state index contributed by atoms with van der Waals surface area (Å²) in [5.41, 5.74) is 16.4. The van der Waals surface area contributed by atoms with Crippen molar-refractivity contribution in [2.75, 3.05) is 0 Å². The van der Waals surface area contributed by atoms with Crippen molar-refractivity contribution < 1.29 is 17.4 Å². The van der Waals surface area contributed by atoms with Gasteiger partial charge >= 0.3 is 292 Å². The van der Waals surface area contributed by atoms with Crippen LogP contribution in [0.2, 0.25) is 9.26 Å². The molecule has 2 aliphatic carbocycles. The fourth-order valence-corrected chi connectivity index (χ4v) is 31.9. The van der Waals surface area contributed by atoms with Gasteiger partial charge in [0.2, 0.25) is 0 Å². The van der Waals surface area contributed by atoms with E-state index < -0.39 is 17.4 Å². The Bertz CT molecular complexity index is 2180. The predicted molar refractivity (Wildman–Crippen MR) is 224 cm³/mol. The Morgan fingerprint density at radius 2 is 1.45 bits per heavy atom. The monoisotopic (exact) mass is 800 g/mol. The van der Waals surface area contributed by atoms with Crippen LogP contribution in [0.25, 0.3) is 33.5 Å². The van der Waals surface area contributed by atoms with Crippen molar-refractivity contribution in [3.63, 3.8) is 0 Å². The van der Waals surface area contributed by atoms with Gasteiger partial charge < -0.3 is 0 Å². The molecule has 0 spiro atoms. The number of hydrogen-bond acceptors (Lipinski definition) is 1. The molecule has 4 aromatic carbocycles. The zero-order chi connectivity index (χ0) is 33.7. The molecule has 1 heterocycles. The molecule has 0 saturated carbocycles. The van der Waals surface area contributed by atoms with Crippen molar-refractivity contribution in [2.24, 2.45) is 5.92 Å². The van der Waals surface area contributed by atoms with Gasteiger partial charge in [-0.2, -0.15) is 0 Å². The van der Waals surface area contributed by atoms with E-state index in [-0.39, 0.29) is 30.2 Å². The number of hydrogen-bond donors (Lipinski definition) is 0. The van der Waals surface area contributed by atoms with Gasteiger partial charge in [-0.15, -0.1) is 24.8 Å². The summed E-state index contributed by atoms with van der Waals surface area (Å²) in [4.78, 5) is 1.60. The van der Waals surface area contributed by atoms with E-state index in [2.05, 4.69) is 174 Å². The summed E-state index contributed by atoms with van der Waals surface area (Å²) in [5, 5.41) is 3.09. The van der Waals surface area contributed by atoms with E-state index >= 15 is 0 Å². The van der Waals surface area contributed by atoms with Crippen LogP contribution in [-0.2, 0) is 22.8 Å². The molecule has 0 amide bonds. The van der Waals surface area contributed by atoms with E-state index in [0.717, 1.165) is 0 Å². The third-order valence-corrected chi connectivity index (χ3v) is 29.1. The van der Waals surface area contributed by atoms with E-state index in [1.54, 1.807) is 24.9 Å². The topological polar surface area (TPSA) is 0 Å². The number of allylic oxidation sites excluding steroid dienone is 5. The first-order chi connectivity index (χ1) is 22.1. The molecule has 0 radical (unpaired) electrons. The average molecular weight is 803 g/mol. The maximum absolute atomic E-state index is 3.78. The van der Waals surface area contributed by atoms with Crippen LogP contribution in [0.5, 0.6) is 0 Å². The van der Waals surface area contributed by atoms with E-state index in [9.17, 15) is 0 Å². The molecule has 0 fully saturated rings. The largest absolute Gasteiger partial charge is 0.147 e. The smallest absolute Gasteiger partial charge is 0.147 e. The van der Waals surface area contributed by atoms with E-state index in [1.807, 2.05) is 0 Å². The molecule has 4 aromatic rings. The fraction of sp³-hybridized carbons (Fsp3) is 0.318. The van der Waals surface area contributed by atoms with Gasteiger partial charge in [-0.25, -0.2) is 0 Å². The molecule has 256 valence electrons. The SMILES string of the molecule is CC1=Cc2c(-c3cccc4ccccc34)ccc(C)c2[CH]1[Zr]([CH3])([CH3])(=[SiH2])[C]1=C2SC(C)C(c3ccc(C(C)(C)C)cc3)=C2C=C1C(C)C.Cl.Cl. The third-order valence-electron chi connectivity index (χ3n) is 11.2. The first-order valence-electron chi connectivity index (χ1n) is 17.4. The van der Waals surface area contributed by atoms with Gasteiger partial charge in [0.25, 0.3) is 0 Å². The van der Waals surface area contributed by atoms with Crippen LogP contribution in [0.15, 0.2) is 110 Å². The van der Waals surface area contributed by atoms with Gasteiger partial charge in [-0.05, 0) is 0 Å². The van der Waals surface area contributed by atoms with Gasteiger partial charge in [-0.1, -0.05) is 0 Å². The molecule has 5 heteroatoms. The van der Waals surface area contributed by atoms with Crippen molar-refractivity contribution in [3.05, 3.63) is 138 Å². The Morgan fingerprint density at radius 1 is 0.796 bits per heavy atom. The average Bonchev–Trinajstić information content (AvgIpc) is 3.66. The minimum Gasteiger partial charge on any atom is -0.147 e. The number of aryl methyl sites for hydroxylation is 1. The summed E-state index contributed by atoms with van der Waals surface area (Å²) < 4.78 is 7.79. The second-order valence-electron chi connectivity index (χ2n) is 16.8. The molecule has 3 aliphatic rings. The molecule has 7 rings (SSSR count). The Morgan fingerprint density at radius 3 is 2.10 bits per heavy atom. The van der Waals surface area contributed by atoms with E-state index in [1.165, 1.54) is 55.3 Å². The summed E-state index contributed by atoms with van der Waals surface area (Å²) in [6, 6.07) is 29.9. The van der Waals surface area contributed by atoms with E-state index in [0.29, 0.717) is 14.8 Å². The molecule has 2 atom stereocenters. The maximum atomic E-state index is 2.77. The zero-order valence-corrected chi connectivity index (χ0v) is 37.1. The molecular weight excluding hydrogens is 751 g/mol. The predicted octanol–water partition coefficient (Wildman–Crippen LogP) is 13.1. The molecule has 0 N–H and O–H groups in total. The first kappa shape index (κ1) is 38.4. The van der Waals surface area contributed by atoms with Crippen molar-refractivity contribution in [3.8, 4) is 11.1 Å². The minimum absolute atomic E-state index is 0. The van der Waals surface area contributed by atoms with Crippen molar-refractivity contribution in [1.29, 1.82) is 0 Å². The Kier molecular flexibility index (Phi) is 10.4. The number of rotatable bonds is 5. The van der Waals surface area contributed by atoms with Crippen LogP contribution in [0.4, 0.5) is 0 Å². The van der Waals surface area contributed by atoms with Crippen molar-refractivity contribution in [2.45, 2.75) is 78.9 Å². The van der Waals surface area contributed by atoms with Crippen molar-refractivity contribution in [1.82, 2.24) is 0 Å². The summed E-state index contributed by atoms with van der Waals surface area (Å²) >= 11 is -1.64. The molecule has 2 unspecified atom stereocenters. The van der Waals surface area contributed by atoms with Gasteiger partial charge in [0.15, 0.2) is 0 Å². The number of thioether (sulfide) groups is 1. The van der Waals surface area contributed by atoms with Crippen LogP contribution < -0.4 is 0 Å². The third kappa shape index (κ3) is 6.23. The van der Waals surface area contributed by atoms with Crippen LogP contribution in [0.3, 0.4) is 0 Å². The number of benzene rings is 4. The van der Waals surface area contributed by atoms with Gasteiger partial charge in [-0.3, -0.25) is 0 Å². The molecule has 49 heavy (non-hydrogen) atoms. The molecule has 0 saturated heterocycles. The standard InChI is InChI=1S/C21H25S.C21H17.2CH3.2ClH.H2Si.Zr/c1-13(2)16-11-18-19(12-16)22-14(3)20(18)15-7-9-17(10-8-15)21(4,5)6;1-14-12-20-15(2)10-11-19(21(20)13-14)18-9-5-7-16-6-3-4-8-17(16)18;;;;;;/h7-11,13-14H,1-6H3;3-13H,1-2H3;2*1H3;2*1H;1H2;. The van der Waals surface area contributed by atoms with E-state index in [4.69, 9.17) is 0 Å². The van der Waals surface area contributed by atoms with Crippen molar-refractivity contribution >= 4 is 65.9 Å². The Balaban J connectivity index is 0.00000234. The zero-order valence-electron chi connectivity index (χ0n) is 30.8.